The standard InChI is InChI=1S/C36H39N3O3/c1-3-5-12-24(4-2)23-41-27-19-20-31(33(40)22-27)34-37-35(39-36(38-34)42-26-14-7-8-15-26)32-21-25-13-6-9-16-28(25)29-17-10-11-18-30(29)32/h6,9-11,13,16-22,24,26,40H,3-5,7-8,12,14-15,23H2,1-2H3. The zero-order valence-electron chi connectivity index (χ0n) is 24.6. The first kappa shape index (κ1) is 28.0. The number of fused-ring (bicyclic) bond motifs is 3. The third-order valence-electron chi connectivity index (χ3n) is 8.44. The maximum absolute atomic E-state index is 11.1. The van der Waals surface area contributed by atoms with Crippen LogP contribution in [0.2, 0.25) is 0 Å². The molecule has 0 spiro atoms. The maximum Gasteiger partial charge on any atom is 0.320 e. The molecule has 1 unspecified atom stereocenters. The molecule has 1 aliphatic rings. The van der Waals surface area contributed by atoms with Crippen LogP contribution in [0.25, 0.3) is 44.3 Å². The molecule has 6 nitrogen and oxygen atoms in total. The minimum absolute atomic E-state index is 0.0708. The molecule has 1 saturated carbocycles. The lowest BCUT2D eigenvalue weighted by atomic mass is 9.97. The zero-order chi connectivity index (χ0) is 28.9. The van der Waals surface area contributed by atoms with Crippen molar-refractivity contribution in [2.75, 3.05) is 6.61 Å². The summed E-state index contributed by atoms with van der Waals surface area (Å²) in [5.74, 6) is 2.12. The van der Waals surface area contributed by atoms with Crippen molar-refractivity contribution in [1.82, 2.24) is 15.0 Å². The van der Waals surface area contributed by atoms with E-state index in [1.165, 1.54) is 18.2 Å². The molecule has 4 aromatic carbocycles. The Kier molecular flexibility index (Phi) is 8.50. The highest BCUT2D eigenvalue weighted by atomic mass is 16.5. The molecule has 1 heterocycles. The van der Waals surface area contributed by atoms with Crippen LogP contribution >= 0.6 is 0 Å². The van der Waals surface area contributed by atoms with Gasteiger partial charge in [-0.1, -0.05) is 81.6 Å². The van der Waals surface area contributed by atoms with Gasteiger partial charge in [0.1, 0.15) is 17.6 Å². The zero-order valence-corrected chi connectivity index (χ0v) is 24.6. The van der Waals surface area contributed by atoms with Gasteiger partial charge in [-0.15, -0.1) is 0 Å². The van der Waals surface area contributed by atoms with Crippen molar-refractivity contribution in [3.8, 4) is 40.3 Å². The number of hydrogen-bond acceptors (Lipinski definition) is 6. The van der Waals surface area contributed by atoms with E-state index in [4.69, 9.17) is 24.4 Å². The topological polar surface area (TPSA) is 77.4 Å². The fourth-order valence-electron chi connectivity index (χ4n) is 5.95. The number of hydrogen-bond donors (Lipinski definition) is 1. The molecule has 1 N–H and O–H groups in total. The summed E-state index contributed by atoms with van der Waals surface area (Å²) in [4.78, 5) is 14.4. The summed E-state index contributed by atoms with van der Waals surface area (Å²) in [6.45, 7) is 5.05. The van der Waals surface area contributed by atoms with E-state index in [0.717, 1.165) is 60.2 Å². The number of aromatic hydroxyl groups is 1. The van der Waals surface area contributed by atoms with Gasteiger partial charge in [-0.25, -0.2) is 4.98 Å². The maximum atomic E-state index is 11.1. The van der Waals surface area contributed by atoms with Gasteiger partial charge in [0.2, 0.25) is 0 Å². The highest BCUT2D eigenvalue weighted by molar-refractivity contribution is 6.13. The van der Waals surface area contributed by atoms with Crippen LogP contribution < -0.4 is 9.47 Å². The van der Waals surface area contributed by atoms with Crippen LogP contribution in [0, 0.1) is 5.92 Å². The smallest absolute Gasteiger partial charge is 0.320 e. The largest absolute Gasteiger partial charge is 0.507 e. The first-order valence-electron chi connectivity index (χ1n) is 15.4. The fraction of sp³-hybridized carbons (Fsp3) is 0.361. The van der Waals surface area contributed by atoms with E-state index in [-0.39, 0.29) is 11.9 Å². The molecule has 6 heteroatoms. The van der Waals surface area contributed by atoms with Gasteiger partial charge in [0, 0.05) is 11.6 Å². The lowest BCUT2D eigenvalue weighted by Gasteiger charge is -2.17. The van der Waals surface area contributed by atoms with Gasteiger partial charge >= 0.3 is 6.01 Å². The van der Waals surface area contributed by atoms with Crippen LogP contribution in [0.5, 0.6) is 17.5 Å². The Morgan fingerprint density at radius 2 is 1.52 bits per heavy atom. The number of benzene rings is 4. The Balaban J connectivity index is 1.40. The molecule has 0 amide bonds. The highest BCUT2D eigenvalue weighted by Crippen LogP contribution is 2.37. The molecule has 1 aliphatic carbocycles. The van der Waals surface area contributed by atoms with Crippen molar-refractivity contribution < 1.29 is 14.6 Å². The Bertz CT molecular complexity index is 1680. The van der Waals surface area contributed by atoms with Gasteiger partial charge in [0.15, 0.2) is 11.6 Å². The van der Waals surface area contributed by atoms with Crippen LogP contribution in [0.4, 0.5) is 0 Å². The summed E-state index contributed by atoms with van der Waals surface area (Å²) >= 11 is 0. The molecule has 0 bridgehead atoms. The van der Waals surface area contributed by atoms with E-state index in [2.05, 4.69) is 56.3 Å². The lowest BCUT2D eigenvalue weighted by molar-refractivity contribution is 0.192. The van der Waals surface area contributed by atoms with Crippen molar-refractivity contribution in [1.29, 1.82) is 0 Å². The molecule has 6 rings (SSSR count). The number of phenols is 1. The van der Waals surface area contributed by atoms with E-state index in [1.54, 1.807) is 6.07 Å². The SMILES string of the molecule is CCCCC(CC)COc1ccc(-c2nc(OC3CCCC3)nc(-c3cc4ccccc4c4ccccc34)n2)c(O)c1. The quantitative estimate of drug-likeness (QED) is 0.162. The molecule has 0 radical (unpaired) electrons. The summed E-state index contributed by atoms with van der Waals surface area (Å²) in [6, 6.07) is 24.5. The predicted molar refractivity (Wildman–Crippen MR) is 169 cm³/mol. The van der Waals surface area contributed by atoms with Gasteiger partial charge in [-0.3, -0.25) is 0 Å². The Labute approximate surface area is 247 Å². The molecule has 0 aliphatic heterocycles. The van der Waals surface area contributed by atoms with E-state index in [9.17, 15) is 5.11 Å². The van der Waals surface area contributed by atoms with E-state index in [1.807, 2.05) is 24.3 Å². The van der Waals surface area contributed by atoms with Crippen molar-refractivity contribution in [2.45, 2.75) is 71.3 Å². The first-order chi connectivity index (χ1) is 20.6. The van der Waals surface area contributed by atoms with E-state index < -0.39 is 0 Å². The molecule has 216 valence electrons. The number of ether oxygens (including phenoxy) is 2. The number of unbranched alkanes of at least 4 members (excludes halogenated alkanes) is 1. The second-order valence-corrected chi connectivity index (χ2v) is 11.4. The normalized spacial score (nSPS) is 14.4. The summed E-state index contributed by atoms with van der Waals surface area (Å²) in [5.41, 5.74) is 1.42. The minimum atomic E-state index is 0.0708. The highest BCUT2D eigenvalue weighted by Gasteiger charge is 2.22. The summed E-state index contributed by atoms with van der Waals surface area (Å²) in [5, 5.41) is 15.6. The van der Waals surface area contributed by atoms with Gasteiger partial charge in [0.05, 0.1) is 12.2 Å². The third kappa shape index (κ3) is 6.03. The van der Waals surface area contributed by atoms with Crippen molar-refractivity contribution >= 4 is 21.5 Å². The fourth-order valence-corrected chi connectivity index (χ4v) is 5.95. The molecule has 1 aromatic heterocycles. The monoisotopic (exact) mass is 561 g/mol. The molecular formula is C36H39N3O3. The summed E-state index contributed by atoms with van der Waals surface area (Å²) in [6.07, 6.45) is 8.96. The van der Waals surface area contributed by atoms with Gasteiger partial charge in [-0.2, -0.15) is 9.97 Å². The predicted octanol–water partition coefficient (Wildman–Crippen LogP) is 9.13. The Hall–Kier alpha value is -4.19. The van der Waals surface area contributed by atoms with Gasteiger partial charge < -0.3 is 14.6 Å². The molecule has 5 aromatic rings. The average molecular weight is 562 g/mol. The third-order valence-corrected chi connectivity index (χ3v) is 8.44. The van der Waals surface area contributed by atoms with Crippen LogP contribution in [0.3, 0.4) is 0 Å². The number of nitrogens with zero attached hydrogens (tertiary/aromatic N) is 3. The van der Waals surface area contributed by atoms with Crippen molar-refractivity contribution in [3.05, 3.63) is 72.8 Å². The molecule has 1 atom stereocenters. The average Bonchev–Trinajstić information content (AvgIpc) is 3.53. The number of rotatable bonds is 11. The van der Waals surface area contributed by atoms with E-state index in [0.29, 0.717) is 41.5 Å². The van der Waals surface area contributed by atoms with Crippen LogP contribution in [0.15, 0.2) is 72.8 Å². The van der Waals surface area contributed by atoms with Crippen molar-refractivity contribution in [3.63, 3.8) is 0 Å². The lowest BCUT2D eigenvalue weighted by Crippen LogP contribution is -2.14. The Morgan fingerprint density at radius 1 is 0.810 bits per heavy atom. The van der Waals surface area contributed by atoms with Gasteiger partial charge in [-0.05, 0) is 77.8 Å². The minimum Gasteiger partial charge on any atom is -0.507 e. The number of aromatic nitrogens is 3. The van der Waals surface area contributed by atoms with Crippen LogP contribution in [-0.2, 0) is 0 Å². The second kappa shape index (κ2) is 12.8. The van der Waals surface area contributed by atoms with Crippen LogP contribution in [0.1, 0.15) is 65.2 Å². The van der Waals surface area contributed by atoms with Crippen molar-refractivity contribution in [2.24, 2.45) is 5.92 Å². The first-order valence-corrected chi connectivity index (χ1v) is 15.4. The molecule has 1 fully saturated rings. The molecule has 42 heavy (non-hydrogen) atoms. The molecule has 0 saturated heterocycles. The summed E-state index contributed by atoms with van der Waals surface area (Å²) < 4.78 is 12.4. The number of phenolic OH excluding ortho intramolecular Hbond substituents is 1. The molecular weight excluding hydrogens is 522 g/mol. The second-order valence-electron chi connectivity index (χ2n) is 11.4. The summed E-state index contributed by atoms with van der Waals surface area (Å²) in [7, 11) is 0. The van der Waals surface area contributed by atoms with Crippen LogP contribution in [-0.4, -0.2) is 32.8 Å². The van der Waals surface area contributed by atoms with E-state index >= 15 is 0 Å². The van der Waals surface area contributed by atoms with Gasteiger partial charge in [0.25, 0.3) is 0 Å². The Morgan fingerprint density at radius 3 is 2.26 bits per heavy atom.